The Bertz CT molecular complexity index is 960. The standard InChI is InChI=1S/C19H21N5OS/c1-13(2)16-5-4-14(3)10-17(16)25-12-18-22-23-19(26)24(18)21-11-15-6-8-20-9-7-15/h4-11,13H,12H2,1-3H3,(H,23,26)/b21-11-. The summed E-state index contributed by atoms with van der Waals surface area (Å²) in [7, 11) is 0. The largest absolute Gasteiger partial charge is 0.485 e. The fraction of sp³-hybridized carbons (Fsp3) is 0.263. The lowest BCUT2D eigenvalue weighted by atomic mass is 10.0. The number of hydrogen-bond acceptors (Lipinski definition) is 5. The van der Waals surface area contributed by atoms with Crippen molar-refractivity contribution in [3.05, 3.63) is 70.0 Å². The summed E-state index contributed by atoms with van der Waals surface area (Å²) in [6, 6.07) is 9.97. The first-order valence-corrected chi connectivity index (χ1v) is 8.79. The lowest BCUT2D eigenvalue weighted by Crippen LogP contribution is -2.06. The molecule has 3 aromatic rings. The van der Waals surface area contributed by atoms with E-state index >= 15 is 0 Å². The Morgan fingerprint density at radius 2 is 2.04 bits per heavy atom. The van der Waals surface area contributed by atoms with Crippen LogP contribution in [0.2, 0.25) is 0 Å². The Morgan fingerprint density at radius 1 is 1.27 bits per heavy atom. The highest BCUT2D eigenvalue weighted by atomic mass is 32.1. The lowest BCUT2D eigenvalue weighted by molar-refractivity contribution is 0.286. The van der Waals surface area contributed by atoms with Gasteiger partial charge in [0.05, 0.1) is 6.21 Å². The molecule has 0 unspecified atom stereocenters. The number of H-pyrrole nitrogens is 1. The highest BCUT2D eigenvalue weighted by Gasteiger charge is 2.11. The van der Waals surface area contributed by atoms with Crippen LogP contribution in [-0.4, -0.2) is 26.1 Å². The molecule has 0 aliphatic carbocycles. The third-order valence-corrected chi connectivity index (χ3v) is 4.16. The van der Waals surface area contributed by atoms with Gasteiger partial charge in [0.1, 0.15) is 12.4 Å². The molecular weight excluding hydrogens is 346 g/mol. The number of rotatable bonds is 6. The van der Waals surface area contributed by atoms with Crippen molar-refractivity contribution < 1.29 is 4.74 Å². The Labute approximate surface area is 157 Å². The summed E-state index contributed by atoms with van der Waals surface area (Å²) in [4.78, 5) is 3.99. The lowest BCUT2D eigenvalue weighted by Gasteiger charge is -2.14. The van der Waals surface area contributed by atoms with Crippen molar-refractivity contribution in [1.29, 1.82) is 0 Å². The molecule has 0 saturated heterocycles. The van der Waals surface area contributed by atoms with Crippen molar-refractivity contribution in [2.24, 2.45) is 5.10 Å². The van der Waals surface area contributed by atoms with E-state index in [9.17, 15) is 0 Å². The number of aromatic amines is 1. The van der Waals surface area contributed by atoms with Crippen molar-refractivity contribution in [2.45, 2.75) is 33.3 Å². The Balaban J connectivity index is 1.81. The molecule has 0 aliphatic heterocycles. The van der Waals surface area contributed by atoms with Gasteiger partial charge in [0, 0.05) is 12.4 Å². The van der Waals surface area contributed by atoms with Crippen LogP contribution < -0.4 is 4.74 Å². The number of ether oxygens (including phenoxy) is 1. The first kappa shape index (κ1) is 18.0. The fourth-order valence-electron chi connectivity index (χ4n) is 2.50. The maximum atomic E-state index is 6.04. The van der Waals surface area contributed by atoms with Crippen molar-refractivity contribution in [1.82, 2.24) is 19.9 Å². The monoisotopic (exact) mass is 367 g/mol. The molecule has 0 fully saturated rings. The number of nitrogens with zero attached hydrogens (tertiary/aromatic N) is 4. The van der Waals surface area contributed by atoms with Gasteiger partial charge in [-0.1, -0.05) is 26.0 Å². The number of benzene rings is 1. The predicted molar refractivity (Wildman–Crippen MR) is 104 cm³/mol. The van der Waals surface area contributed by atoms with E-state index in [-0.39, 0.29) is 6.61 Å². The predicted octanol–water partition coefficient (Wildman–Crippen LogP) is 4.23. The molecule has 0 saturated carbocycles. The van der Waals surface area contributed by atoms with Crippen LogP contribution in [0.15, 0.2) is 47.8 Å². The van der Waals surface area contributed by atoms with Crippen LogP contribution >= 0.6 is 12.2 Å². The summed E-state index contributed by atoms with van der Waals surface area (Å²) in [5.74, 6) is 1.84. The molecule has 2 aromatic heterocycles. The fourth-order valence-corrected chi connectivity index (χ4v) is 2.69. The van der Waals surface area contributed by atoms with Crippen molar-refractivity contribution in [3.8, 4) is 5.75 Å². The SMILES string of the molecule is Cc1ccc(C(C)C)c(OCc2n[nH]c(=S)n2/N=C\c2ccncc2)c1. The molecule has 134 valence electrons. The molecule has 0 atom stereocenters. The van der Waals surface area contributed by atoms with Crippen LogP contribution in [0.3, 0.4) is 0 Å². The van der Waals surface area contributed by atoms with E-state index in [2.05, 4.69) is 46.3 Å². The van der Waals surface area contributed by atoms with Gasteiger partial charge in [0.15, 0.2) is 5.82 Å². The second kappa shape index (κ2) is 8.05. The summed E-state index contributed by atoms with van der Waals surface area (Å²) in [5, 5.41) is 11.4. The maximum absolute atomic E-state index is 6.04. The molecule has 6 nitrogen and oxygen atoms in total. The number of aryl methyl sites for hydroxylation is 1. The highest BCUT2D eigenvalue weighted by Crippen LogP contribution is 2.28. The molecule has 26 heavy (non-hydrogen) atoms. The maximum Gasteiger partial charge on any atom is 0.216 e. The Morgan fingerprint density at radius 3 is 2.77 bits per heavy atom. The molecule has 0 spiro atoms. The Hall–Kier alpha value is -2.80. The average molecular weight is 367 g/mol. The number of aromatic nitrogens is 4. The van der Waals surface area contributed by atoms with Crippen LogP contribution in [0.25, 0.3) is 0 Å². The summed E-state index contributed by atoms with van der Waals surface area (Å²) in [5.41, 5.74) is 3.24. The van der Waals surface area contributed by atoms with Gasteiger partial charge in [0.25, 0.3) is 0 Å². The van der Waals surface area contributed by atoms with E-state index < -0.39 is 0 Å². The molecule has 0 radical (unpaired) electrons. The zero-order valence-corrected chi connectivity index (χ0v) is 15.8. The zero-order valence-electron chi connectivity index (χ0n) is 15.0. The molecule has 3 rings (SSSR count). The highest BCUT2D eigenvalue weighted by molar-refractivity contribution is 7.71. The third-order valence-electron chi connectivity index (χ3n) is 3.89. The van der Waals surface area contributed by atoms with Crippen molar-refractivity contribution in [3.63, 3.8) is 0 Å². The van der Waals surface area contributed by atoms with Crippen molar-refractivity contribution >= 4 is 18.4 Å². The summed E-state index contributed by atoms with van der Waals surface area (Å²) in [6.07, 6.45) is 5.14. The van der Waals surface area contributed by atoms with E-state index in [4.69, 9.17) is 17.0 Å². The summed E-state index contributed by atoms with van der Waals surface area (Å²) < 4.78 is 8.03. The van der Waals surface area contributed by atoms with E-state index in [0.717, 1.165) is 22.4 Å². The topological polar surface area (TPSA) is 68.1 Å². The summed E-state index contributed by atoms with van der Waals surface area (Å²) in [6.45, 7) is 6.61. The Kier molecular flexibility index (Phi) is 5.58. The molecule has 7 heteroatoms. The molecule has 1 aromatic carbocycles. The zero-order chi connectivity index (χ0) is 18.5. The van der Waals surface area contributed by atoms with Gasteiger partial charge in [-0.3, -0.25) is 4.98 Å². The number of pyridine rings is 1. The molecule has 0 amide bonds. The molecule has 0 aliphatic rings. The third kappa shape index (κ3) is 4.23. The first-order valence-electron chi connectivity index (χ1n) is 8.38. The molecule has 0 bridgehead atoms. The summed E-state index contributed by atoms with van der Waals surface area (Å²) >= 11 is 5.27. The quantitative estimate of drug-likeness (QED) is 0.523. The minimum Gasteiger partial charge on any atom is -0.485 e. The van der Waals surface area contributed by atoms with Crippen LogP contribution in [0.4, 0.5) is 0 Å². The molecule has 2 heterocycles. The second-order valence-corrected chi connectivity index (χ2v) is 6.65. The van der Waals surface area contributed by atoms with Gasteiger partial charge >= 0.3 is 0 Å². The van der Waals surface area contributed by atoms with Gasteiger partial charge in [-0.2, -0.15) is 14.9 Å². The van der Waals surface area contributed by atoms with E-state index in [1.54, 1.807) is 23.3 Å². The van der Waals surface area contributed by atoms with Crippen LogP contribution in [0.5, 0.6) is 5.75 Å². The minimum atomic E-state index is 0.268. The van der Waals surface area contributed by atoms with Gasteiger partial charge in [0.2, 0.25) is 4.77 Å². The molecular formula is C19H21N5OS. The number of hydrogen-bond donors (Lipinski definition) is 1. The van der Waals surface area contributed by atoms with E-state index in [1.165, 1.54) is 0 Å². The van der Waals surface area contributed by atoms with Crippen LogP contribution in [-0.2, 0) is 6.61 Å². The van der Waals surface area contributed by atoms with Gasteiger partial charge < -0.3 is 4.74 Å². The average Bonchev–Trinajstić information content (AvgIpc) is 2.98. The normalized spacial score (nSPS) is 11.4. The van der Waals surface area contributed by atoms with Gasteiger partial charge in [-0.05, 0) is 59.9 Å². The van der Waals surface area contributed by atoms with Crippen LogP contribution in [0, 0.1) is 11.7 Å². The van der Waals surface area contributed by atoms with E-state index in [0.29, 0.717) is 16.5 Å². The van der Waals surface area contributed by atoms with Crippen molar-refractivity contribution in [2.75, 3.05) is 0 Å². The minimum absolute atomic E-state index is 0.268. The van der Waals surface area contributed by atoms with E-state index in [1.807, 2.05) is 25.1 Å². The van der Waals surface area contributed by atoms with Crippen LogP contribution in [0.1, 0.15) is 42.3 Å². The smallest absolute Gasteiger partial charge is 0.216 e. The molecule has 1 N–H and O–H groups in total. The number of nitrogens with one attached hydrogen (secondary N) is 1. The first-order chi connectivity index (χ1) is 12.5. The second-order valence-electron chi connectivity index (χ2n) is 6.27. The van der Waals surface area contributed by atoms with Gasteiger partial charge in [-0.25, -0.2) is 5.10 Å². The van der Waals surface area contributed by atoms with Gasteiger partial charge in [-0.15, -0.1) is 0 Å².